The molecular weight excluding hydrogens is 546 g/mol. The first-order chi connectivity index (χ1) is 18.2. The van der Waals surface area contributed by atoms with Crippen molar-refractivity contribution in [2.24, 2.45) is 4.99 Å². The maximum absolute atomic E-state index is 16.2. The van der Waals surface area contributed by atoms with E-state index in [2.05, 4.69) is 22.0 Å². The second-order valence-electron chi connectivity index (χ2n) is 8.45. The quantitative estimate of drug-likeness (QED) is 0.165. The van der Waals surface area contributed by atoms with Crippen LogP contribution >= 0.6 is 22.9 Å². The van der Waals surface area contributed by atoms with E-state index in [1.54, 1.807) is 11.6 Å². The van der Waals surface area contributed by atoms with Crippen molar-refractivity contribution in [3.63, 3.8) is 0 Å². The Kier molecular flexibility index (Phi) is 8.98. The summed E-state index contributed by atoms with van der Waals surface area (Å²) in [7, 11) is 1.36. The van der Waals surface area contributed by atoms with Gasteiger partial charge in [0.25, 0.3) is 0 Å². The normalized spacial score (nSPS) is 17.3. The van der Waals surface area contributed by atoms with E-state index in [4.69, 9.17) is 26.1 Å². The Labute approximate surface area is 225 Å². The average Bonchev–Trinajstić information content (AvgIpc) is 3.57. The van der Waals surface area contributed by atoms with E-state index >= 15 is 4.39 Å². The lowest BCUT2D eigenvalue weighted by molar-refractivity contribution is -0.0260. The Bertz CT molecular complexity index is 1330. The van der Waals surface area contributed by atoms with E-state index < -0.39 is 24.1 Å². The minimum absolute atomic E-state index is 0.0648. The number of aliphatic imine (C=N–C) groups is 1. The van der Waals surface area contributed by atoms with Crippen LogP contribution < -0.4 is 5.32 Å². The molecule has 0 saturated heterocycles. The summed E-state index contributed by atoms with van der Waals surface area (Å²) in [5, 5.41) is 9.21. The lowest BCUT2D eigenvalue weighted by Crippen LogP contribution is -2.40. The van der Waals surface area contributed by atoms with Gasteiger partial charge in [-0.2, -0.15) is 13.9 Å². The number of rotatable bonds is 12. The summed E-state index contributed by atoms with van der Waals surface area (Å²) in [4.78, 5) is 9.06. The number of hydrogen-bond acceptors (Lipinski definition) is 7. The highest BCUT2D eigenvalue weighted by atomic mass is 35.5. The Hall–Kier alpha value is -3.06. The van der Waals surface area contributed by atoms with Crippen molar-refractivity contribution in [3.05, 3.63) is 87.5 Å². The molecule has 38 heavy (non-hydrogen) atoms. The number of nitrogens with zero attached hydrogens (tertiary/aromatic N) is 4. The molecular formula is C25H24ClF4N5O2S. The van der Waals surface area contributed by atoms with Gasteiger partial charge in [0.15, 0.2) is 16.5 Å². The molecule has 0 amide bonds. The number of benzene rings is 1. The van der Waals surface area contributed by atoms with E-state index in [0.29, 0.717) is 32.4 Å². The minimum Gasteiger partial charge on any atom is -0.381 e. The molecule has 1 unspecified atom stereocenters. The van der Waals surface area contributed by atoms with Gasteiger partial charge in [0.1, 0.15) is 11.9 Å². The van der Waals surface area contributed by atoms with Crippen LogP contribution in [0.4, 0.5) is 17.6 Å². The Balaban J connectivity index is 1.90. The number of halogens is 5. The van der Waals surface area contributed by atoms with Gasteiger partial charge in [-0.1, -0.05) is 23.7 Å². The predicted molar refractivity (Wildman–Crippen MR) is 138 cm³/mol. The van der Waals surface area contributed by atoms with Gasteiger partial charge < -0.3 is 14.8 Å². The first-order valence-corrected chi connectivity index (χ1v) is 12.6. The summed E-state index contributed by atoms with van der Waals surface area (Å²) in [6.45, 7) is 0.159. The van der Waals surface area contributed by atoms with Crippen LogP contribution in [0.5, 0.6) is 0 Å². The molecule has 1 aliphatic rings. The summed E-state index contributed by atoms with van der Waals surface area (Å²) >= 11 is 7.73. The van der Waals surface area contributed by atoms with Gasteiger partial charge in [-0.05, 0) is 17.7 Å². The Morgan fingerprint density at radius 3 is 2.79 bits per heavy atom. The monoisotopic (exact) mass is 569 g/mol. The summed E-state index contributed by atoms with van der Waals surface area (Å²) in [5.74, 6) is -0.243. The maximum atomic E-state index is 16.2. The van der Waals surface area contributed by atoms with Crippen LogP contribution in [0.15, 0.2) is 65.5 Å². The zero-order valence-electron chi connectivity index (χ0n) is 20.2. The summed E-state index contributed by atoms with van der Waals surface area (Å²) in [5.41, 5.74) is -0.724. The standard InChI is InChI=1S/C25H24ClF4N5O2S/c1-3-7-37-14-25(30,13-36-2)10-19-20(15-11-32-35(12-15)24(28)29)21(17-5-4-16(27)9-18(17)26)34-22(33-19)23-31-6-8-38-23/h3-6,8-9,11-12,21,24H,1,7,10,13-14H2,2H3,(H,33,34)/t21-,25?/m0/s1. The molecule has 2 aromatic heterocycles. The van der Waals surface area contributed by atoms with Crippen LogP contribution in [-0.2, 0) is 9.47 Å². The summed E-state index contributed by atoms with van der Waals surface area (Å²) < 4.78 is 68.1. The zero-order chi connectivity index (χ0) is 27.3. The third kappa shape index (κ3) is 6.32. The van der Waals surface area contributed by atoms with Crippen molar-refractivity contribution >= 4 is 34.3 Å². The number of aromatic nitrogens is 3. The second kappa shape index (κ2) is 12.2. The lowest BCUT2D eigenvalue weighted by atomic mass is 9.88. The lowest BCUT2D eigenvalue weighted by Gasteiger charge is -2.32. The van der Waals surface area contributed by atoms with Gasteiger partial charge in [0.05, 0.1) is 26.0 Å². The number of thiazole rings is 1. The van der Waals surface area contributed by atoms with Crippen molar-refractivity contribution < 1.29 is 27.0 Å². The highest BCUT2D eigenvalue weighted by Gasteiger charge is 2.38. The molecule has 2 atom stereocenters. The van der Waals surface area contributed by atoms with Crippen LogP contribution in [-0.4, -0.2) is 53.2 Å². The molecule has 1 aromatic carbocycles. The van der Waals surface area contributed by atoms with E-state index in [-0.39, 0.29) is 36.8 Å². The Morgan fingerprint density at radius 1 is 1.34 bits per heavy atom. The molecule has 0 saturated carbocycles. The fourth-order valence-electron chi connectivity index (χ4n) is 4.10. The number of methoxy groups -OCH3 is 1. The predicted octanol–water partition coefficient (Wildman–Crippen LogP) is 5.98. The van der Waals surface area contributed by atoms with Crippen molar-refractivity contribution in [2.45, 2.75) is 24.7 Å². The largest absolute Gasteiger partial charge is 0.381 e. The van der Waals surface area contributed by atoms with E-state index in [0.717, 1.165) is 12.3 Å². The van der Waals surface area contributed by atoms with Gasteiger partial charge in [0, 0.05) is 53.2 Å². The van der Waals surface area contributed by atoms with Gasteiger partial charge in [-0.3, -0.25) is 4.99 Å². The smallest absolute Gasteiger partial charge is 0.333 e. The van der Waals surface area contributed by atoms with E-state index in [1.165, 1.54) is 42.9 Å². The maximum Gasteiger partial charge on any atom is 0.333 e. The number of ether oxygens (including phenoxy) is 2. The van der Waals surface area contributed by atoms with Crippen molar-refractivity contribution in [2.75, 3.05) is 26.9 Å². The summed E-state index contributed by atoms with van der Waals surface area (Å²) in [6.07, 6.45) is 5.19. The fraction of sp³-hybridized carbons (Fsp3) is 0.320. The molecule has 0 radical (unpaired) electrons. The first kappa shape index (κ1) is 28.0. The number of hydrogen-bond donors (Lipinski definition) is 1. The molecule has 0 spiro atoms. The van der Waals surface area contributed by atoms with Crippen molar-refractivity contribution in [1.29, 1.82) is 0 Å². The highest BCUT2D eigenvalue weighted by Crippen LogP contribution is 2.43. The molecule has 3 aromatic rings. The first-order valence-electron chi connectivity index (χ1n) is 11.4. The molecule has 4 rings (SSSR count). The number of allylic oxidation sites excluding steroid dienone is 1. The number of amidine groups is 1. The van der Waals surface area contributed by atoms with Crippen LogP contribution in [0.25, 0.3) is 5.57 Å². The van der Waals surface area contributed by atoms with Crippen LogP contribution in [0, 0.1) is 5.82 Å². The SMILES string of the molecule is C=CCOCC(F)(COC)CC1=C(c2cnn(C(F)F)c2)[C@H](c2ccc(F)cc2Cl)N=C(c2nccs2)N1. The highest BCUT2D eigenvalue weighted by molar-refractivity contribution is 7.11. The molecule has 0 aliphatic carbocycles. The fourth-order valence-corrected chi connectivity index (χ4v) is 4.96. The molecule has 0 fully saturated rings. The number of nitrogens with one attached hydrogen (secondary N) is 1. The molecule has 7 nitrogen and oxygen atoms in total. The molecule has 1 aliphatic heterocycles. The van der Waals surface area contributed by atoms with Crippen LogP contribution in [0.1, 0.15) is 35.1 Å². The molecule has 1 N–H and O–H groups in total. The topological polar surface area (TPSA) is 73.6 Å². The van der Waals surface area contributed by atoms with Gasteiger partial charge in [-0.15, -0.1) is 17.9 Å². The van der Waals surface area contributed by atoms with Crippen LogP contribution in [0.3, 0.4) is 0 Å². The minimum atomic E-state index is -2.90. The molecule has 3 heterocycles. The zero-order valence-corrected chi connectivity index (χ0v) is 21.8. The number of alkyl halides is 3. The van der Waals surface area contributed by atoms with Crippen molar-refractivity contribution in [1.82, 2.24) is 20.1 Å². The van der Waals surface area contributed by atoms with Gasteiger partial charge in [-0.25, -0.2) is 18.4 Å². The van der Waals surface area contributed by atoms with Crippen molar-refractivity contribution in [3.8, 4) is 0 Å². The third-order valence-corrected chi connectivity index (χ3v) is 6.73. The second-order valence-corrected chi connectivity index (χ2v) is 9.75. The van der Waals surface area contributed by atoms with E-state index in [1.807, 2.05) is 0 Å². The molecule has 13 heteroatoms. The molecule has 202 valence electrons. The van der Waals surface area contributed by atoms with E-state index in [9.17, 15) is 13.2 Å². The molecule has 0 bridgehead atoms. The third-order valence-electron chi connectivity index (χ3n) is 5.62. The Morgan fingerprint density at radius 2 is 2.16 bits per heavy atom. The van der Waals surface area contributed by atoms with Crippen LogP contribution in [0.2, 0.25) is 5.02 Å². The summed E-state index contributed by atoms with van der Waals surface area (Å²) in [6, 6.07) is 2.88. The van der Waals surface area contributed by atoms with Gasteiger partial charge >= 0.3 is 6.55 Å². The average molecular weight is 570 g/mol. The van der Waals surface area contributed by atoms with Gasteiger partial charge in [0.2, 0.25) is 0 Å².